The number of halogens is 2. The van der Waals surface area contributed by atoms with E-state index in [0.717, 1.165) is 0 Å². The molecule has 0 fully saturated rings. The van der Waals surface area contributed by atoms with Crippen LogP contribution in [0.4, 0.5) is 4.39 Å². The van der Waals surface area contributed by atoms with Crippen molar-refractivity contribution in [2.75, 3.05) is 0 Å². The van der Waals surface area contributed by atoms with E-state index in [-0.39, 0.29) is 17.7 Å². The summed E-state index contributed by atoms with van der Waals surface area (Å²) in [6, 6.07) is 3.19. The van der Waals surface area contributed by atoms with Crippen LogP contribution in [0.5, 0.6) is 0 Å². The lowest BCUT2D eigenvalue weighted by atomic mass is 9.95. The van der Waals surface area contributed by atoms with E-state index in [0.29, 0.717) is 10.6 Å². The van der Waals surface area contributed by atoms with Crippen molar-refractivity contribution in [1.82, 2.24) is 10.6 Å². The number of benzene rings is 1. The summed E-state index contributed by atoms with van der Waals surface area (Å²) < 4.78 is 14.0. The summed E-state index contributed by atoms with van der Waals surface area (Å²) in [5.74, 6) is -1.14. The van der Waals surface area contributed by atoms with Gasteiger partial charge in [-0.05, 0) is 25.0 Å². The first-order valence-electron chi connectivity index (χ1n) is 6.74. The Morgan fingerprint density at radius 3 is 2.29 bits per heavy atom. The van der Waals surface area contributed by atoms with Crippen LogP contribution in [-0.2, 0) is 9.59 Å². The zero-order chi connectivity index (χ0) is 16.2. The molecule has 1 aromatic rings. The molecule has 1 rings (SSSR count). The molecule has 4 nitrogen and oxygen atoms in total. The van der Waals surface area contributed by atoms with Crippen LogP contribution < -0.4 is 10.6 Å². The number of rotatable bonds is 5. The van der Waals surface area contributed by atoms with E-state index < -0.39 is 17.9 Å². The SMILES string of the molecule is CC(=O)N[C@H](C)C(=O)N[C@H](c1ccc(Cl)cc1F)C(C)C. The number of nitrogens with one attached hydrogen (secondary N) is 2. The van der Waals surface area contributed by atoms with Gasteiger partial charge in [-0.2, -0.15) is 0 Å². The van der Waals surface area contributed by atoms with Crippen LogP contribution in [0.1, 0.15) is 39.3 Å². The van der Waals surface area contributed by atoms with Gasteiger partial charge >= 0.3 is 0 Å². The minimum Gasteiger partial charge on any atom is -0.347 e. The van der Waals surface area contributed by atoms with Crippen molar-refractivity contribution in [3.63, 3.8) is 0 Å². The van der Waals surface area contributed by atoms with Gasteiger partial charge in [0.2, 0.25) is 11.8 Å². The molecule has 0 saturated heterocycles. The first-order valence-corrected chi connectivity index (χ1v) is 7.12. The molecule has 0 bridgehead atoms. The molecular formula is C15H20ClFN2O2. The fourth-order valence-electron chi connectivity index (χ4n) is 2.01. The fourth-order valence-corrected chi connectivity index (χ4v) is 2.16. The van der Waals surface area contributed by atoms with Crippen LogP contribution in [0.3, 0.4) is 0 Å². The second kappa shape index (κ2) is 7.41. The molecule has 2 N–H and O–H groups in total. The Labute approximate surface area is 129 Å². The number of carbonyl (C=O) groups excluding carboxylic acids is 2. The van der Waals surface area contributed by atoms with Gasteiger partial charge in [-0.15, -0.1) is 0 Å². The first-order chi connectivity index (χ1) is 9.72. The molecule has 116 valence electrons. The fraction of sp³-hybridized carbons (Fsp3) is 0.467. The van der Waals surface area contributed by atoms with Crippen molar-refractivity contribution in [3.05, 3.63) is 34.6 Å². The Morgan fingerprint density at radius 1 is 1.19 bits per heavy atom. The molecule has 2 atom stereocenters. The van der Waals surface area contributed by atoms with E-state index in [4.69, 9.17) is 11.6 Å². The third kappa shape index (κ3) is 5.01. The lowest BCUT2D eigenvalue weighted by molar-refractivity contribution is -0.128. The van der Waals surface area contributed by atoms with E-state index in [9.17, 15) is 14.0 Å². The predicted octanol–water partition coefficient (Wildman–Crippen LogP) is 2.82. The smallest absolute Gasteiger partial charge is 0.242 e. The number of hydrogen-bond acceptors (Lipinski definition) is 2. The van der Waals surface area contributed by atoms with E-state index in [1.165, 1.54) is 13.0 Å². The summed E-state index contributed by atoms with van der Waals surface area (Å²) in [5.41, 5.74) is 0.373. The van der Waals surface area contributed by atoms with Crippen LogP contribution in [-0.4, -0.2) is 17.9 Å². The zero-order valence-electron chi connectivity index (χ0n) is 12.5. The Bertz CT molecular complexity index is 534. The molecule has 0 aliphatic rings. The average Bonchev–Trinajstić information content (AvgIpc) is 2.35. The second-order valence-corrected chi connectivity index (χ2v) is 5.75. The van der Waals surface area contributed by atoms with Crippen molar-refractivity contribution < 1.29 is 14.0 Å². The maximum absolute atomic E-state index is 14.0. The highest BCUT2D eigenvalue weighted by atomic mass is 35.5. The number of amides is 2. The summed E-state index contributed by atoms with van der Waals surface area (Å²) in [6.45, 7) is 6.67. The first kappa shape index (κ1) is 17.4. The van der Waals surface area contributed by atoms with Gasteiger partial charge in [0.25, 0.3) is 0 Å². The van der Waals surface area contributed by atoms with Crippen LogP contribution in [0.25, 0.3) is 0 Å². The Balaban J connectivity index is 2.93. The highest BCUT2D eigenvalue weighted by Gasteiger charge is 2.24. The molecule has 0 aliphatic carbocycles. The van der Waals surface area contributed by atoms with Crippen LogP contribution in [0, 0.1) is 11.7 Å². The Hall–Kier alpha value is -1.62. The average molecular weight is 315 g/mol. The highest BCUT2D eigenvalue weighted by molar-refractivity contribution is 6.30. The maximum atomic E-state index is 14.0. The summed E-state index contributed by atoms with van der Waals surface area (Å²) >= 11 is 5.74. The highest BCUT2D eigenvalue weighted by Crippen LogP contribution is 2.26. The van der Waals surface area contributed by atoms with Gasteiger partial charge < -0.3 is 10.6 Å². The third-order valence-electron chi connectivity index (χ3n) is 3.08. The molecule has 0 spiro atoms. The molecule has 1 aromatic carbocycles. The van der Waals surface area contributed by atoms with Crippen molar-refractivity contribution in [3.8, 4) is 0 Å². The van der Waals surface area contributed by atoms with E-state index in [1.807, 2.05) is 13.8 Å². The topological polar surface area (TPSA) is 58.2 Å². The van der Waals surface area contributed by atoms with Gasteiger partial charge in [0.15, 0.2) is 0 Å². The van der Waals surface area contributed by atoms with Gasteiger partial charge in [-0.25, -0.2) is 4.39 Å². The molecular weight excluding hydrogens is 295 g/mol. The molecule has 0 aromatic heterocycles. The molecule has 21 heavy (non-hydrogen) atoms. The van der Waals surface area contributed by atoms with Gasteiger partial charge in [-0.1, -0.05) is 31.5 Å². The lowest BCUT2D eigenvalue weighted by Gasteiger charge is -2.25. The van der Waals surface area contributed by atoms with Gasteiger partial charge in [0.05, 0.1) is 6.04 Å². The van der Waals surface area contributed by atoms with Gasteiger partial charge in [-0.3, -0.25) is 9.59 Å². The molecule has 2 amide bonds. The molecule has 0 radical (unpaired) electrons. The van der Waals surface area contributed by atoms with Crippen molar-refractivity contribution in [1.29, 1.82) is 0 Å². The molecule has 0 aliphatic heterocycles. The zero-order valence-corrected chi connectivity index (χ0v) is 13.3. The summed E-state index contributed by atoms with van der Waals surface area (Å²) in [4.78, 5) is 23.0. The van der Waals surface area contributed by atoms with E-state index in [2.05, 4.69) is 10.6 Å². The molecule has 0 unspecified atom stereocenters. The minimum absolute atomic E-state index is 0.0193. The standard InChI is InChI=1S/C15H20ClFN2O2/c1-8(2)14(12-6-5-11(16)7-13(12)17)19-15(21)9(3)18-10(4)20/h5-9,14H,1-4H3,(H,18,20)(H,19,21)/t9-,14+/m1/s1. The van der Waals surface area contributed by atoms with E-state index >= 15 is 0 Å². The third-order valence-corrected chi connectivity index (χ3v) is 3.31. The van der Waals surface area contributed by atoms with Crippen LogP contribution >= 0.6 is 11.6 Å². The molecule has 0 heterocycles. The monoisotopic (exact) mass is 314 g/mol. The van der Waals surface area contributed by atoms with E-state index in [1.54, 1.807) is 19.1 Å². The van der Waals surface area contributed by atoms with Crippen LogP contribution in [0.15, 0.2) is 18.2 Å². The van der Waals surface area contributed by atoms with Crippen molar-refractivity contribution in [2.24, 2.45) is 5.92 Å². The largest absolute Gasteiger partial charge is 0.347 e. The second-order valence-electron chi connectivity index (χ2n) is 5.32. The van der Waals surface area contributed by atoms with Gasteiger partial charge in [0.1, 0.15) is 11.9 Å². The quantitative estimate of drug-likeness (QED) is 0.878. The van der Waals surface area contributed by atoms with Crippen LogP contribution in [0.2, 0.25) is 5.02 Å². The Morgan fingerprint density at radius 2 is 1.81 bits per heavy atom. The van der Waals surface area contributed by atoms with Crippen molar-refractivity contribution >= 4 is 23.4 Å². The Kier molecular flexibility index (Phi) is 6.15. The maximum Gasteiger partial charge on any atom is 0.242 e. The lowest BCUT2D eigenvalue weighted by Crippen LogP contribution is -2.46. The predicted molar refractivity (Wildman–Crippen MR) is 80.4 cm³/mol. The van der Waals surface area contributed by atoms with Crippen molar-refractivity contribution in [2.45, 2.75) is 39.8 Å². The summed E-state index contributed by atoms with van der Waals surface area (Å²) in [5, 5.41) is 5.56. The summed E-state index contributed by atoms with van der Waals surface area (Å²) in [6.07, 6.45) is 0. The molecule has 6 heteroatoms. The molecule has 0 saturated carbocycles. The normalized spacial score (nSPS) is 13.7. The number of carbonyl (C=O) groups is 2. The summed E-state index contributed by atoms with van der Waals surface area (Å²) in [7, 11) is 0. The minimum atomic E-state index is -0.681. The number of hydrogen-bond donors (Lipinski definition) is 2. The van der Waals surface area contributed by atoms with Gasteiger partial charge in [0, 0.05) is 17.5 Å².